The number of H-pyrrole nitrogens is 4. The van der Waals surface area contributed by atoms with Gasteiger partial charge in [-0.2, -0.15) is 5.10 Å². The first-order chi connectivity index (χ1) is 11.4. The van der Waals surface area contributed by atoms with E-state index in [1.54, 1.807) is 19.1 Å². The Kier molecular flexibility index (Phi) is 3.60. The lowest BCUT2D eigenvalue weighted by Crippen LogP contribution is -2.30. The first kappa shape index (κ1) is 15.4. The lowest BCUT2D eigenvalue weighted by molar-refractivity contribution is -0.462. The molecule has 0 amide bonds. The summed E-state index contributed by atoms with van der Waals surface area (Å²) in [7, 11) is 0. The average Bonchev–Trinajstić information content (AvgIpc) is 2.82. The van der Waals surface area contributed by atoms with Gasteiger partial charge in [-0.15, -0.1) is 0 Å². The second-order valence-electron chi connectivity index (χ2n) is 5.32. The molecule has 3 aromatic rings. The van der Waals surface area contributed by atoms with Crippen molar-refractivity contribution in [1.29, 1.82) is 0 Å². The molecule has 0 bridgehead atoms. The SMILES string of the molecule is Cc1[nH][nH+]c(O)c1[C@@H](c1cccc(O)c1)c1c([O-])[nH]c(=O)[nH]c1=O. The van der Waals surface area contributed by atoms with Crippen LogP contribution in [0.1, 0.15) is 28.3 Å². The zero-order chi connectivity index (χ0) is 17.4. The molecular weight excluding hydrogens is 316 g/mol. The van der Waals surface area contributed by atoms with Crippen LogP contribution in [0.3, 0.4) is 0 Å². The number of hydrogen-bond acceptors (Lipinski definition) is 5. The second-order valence-corrected chi connectivity index (χ2v) is 5.32. The number of aromatic hydroxyl groups is 2. The highest BCUT2D eigenvalue weighted by Gasteiger charge is 2.30. The van der Waals surface area contributed by atoms with Crippen LogP contribution in [0.2, 0.25) is 0 Å². The number of nitrogens with one attached hydrogen (secondary N) is 4. The van der Waals surface area contributed by atoms with Crippen molar-refractivity contribution in [1.82, 2.24) is 15.1 Å². The Bertz CT molecular complexity index is 998. The summed E-state index contributed by atoms with van der Waals surface area (Å²) >= 11 is 0. The number of hydrogen-bond donors (Lipinski definition) is 5. The van der Waals surface area contributed by atoms with Gasteiger partial charge in [0.2, 0.25) is 0 Å². The fourth-order valence-corrected chi connectivity index (χ4v) is 2.74. The van der Waals surface area contributed by atoms with E-state index in [4.69, 9.17) is 0 Å². The molecule has 0 aliphatic rings. The summed E-state index contributed by atoms with van der Waals surface area (Å²) in [4.78, 5) is 27.6. The van der Waals surface area contributed by atoms with Gasteiger partial charge < -0.3 is 20.3 Å². The second kappa shape index (κ2) is 5.61. The zero-order valence-electron chi connectivity index (χ0n) is 12.5. The summed E-state index contributed by atoms with van der Waals surface area (Å²) < 4.78 is 0. The monoisotopic (exact) mass is 330 g/mol. The molecule has 0 unspecified atom stereocenters. The van der Waals surface area contributed by atoms with Crippen molar-refractivity contribution in [3.05, 3.63) is 67.5 Å². The molecule has 0 saturated carbocycles. The lowest BCUT2D eigenvalue weighted by atomic mass is 9.86. The molecule has 2 heterocycles. The number of phenolic OH excluding ortho intramolecular Hbond substituents is 1. The molecule has 0 aliphatic carbocycles. The van der Waals surface area contributed by atoms with Crippen molar-refractivity contribution in [2.24, 2.45) is 0 Å². The van der Waals surface area contributed by atoms with Gasteiger partial charge in [0.1, 0.15) is 11.3 Å². The summed E-state index contributed by atoms with van der Waals surface area (Å²) in [5.41, 5.74) is -0.897. The molecular formula is C15H14N4O5. The minimum Gasteiger partial charge on any atom is -0.860 e. The quantitative estimate of drug-likeness (QED) is 0.423. The number of benzene rings is 1. The van der Waals surface area contributed by atoms with E-state index in [1.165, 1.54) is 12.1 Å². The Balaban J connectivity index is 2.36. The minimum atomic E-state index is -0.993. The largest absolute Gasteiger partial charge is 0.860 e. The van der Waals surface area contributed by atoms with Crippen LogP contribution in [-0.2, 0) is 0 Å². The third kappa shape index (κ3) is 2.51. The summed E-state index contributed by atoms with van der Waals surface area (Å²) in [6, 6.07) is 5.96. The summed E-state index contributed by atoms with van der Waals surface area (Å²) in [6.07, 6.45) is 0. The van der Waals surface area contributed by atoms with Crippen LogP contribution in [0.5, 0.6) is 17.5 Å². The van der Waals surface area contributed by atoms with Gasteiger partial charge in [0.15, 0.2) is 0 Å². The molecule has 9 nitrogen and oxygen atoms in total. The average molecular weight is 330 g/mol. The molecule has 2 aromatic heterocycles. The van der Waals surface area contributed by atoms with Gasteiger partial charge in [-0.25, -0.2) is 4.79 Å². The lowest BCUT2D eigenvalue weighted by Gasteiger charge is -2.20. The van der Waals surface area contributed by atoms with E-state index >= 15 is 0 Å². The smallest absolute Gasteiger partial charge is 0.393 e. The highest BCUT2D eigenvalue weighted by atomic mass is 16.3. The van der Waals surface area contributed by atoms with E-state index in [0.717, 1.165) is 0 Å². The van der Waals surface area contributed by atoms with Crippen molar-refractivity contribution < 1.29 is 20.4 Å². The number of aromatic nitrogens is 4. The predicted octanol–water partition coefficient (Wildman–Crippen LogP) is -0.821. The molecule has 0 fully saturated rings. The number of aromatic amines is 4. The van der Waals surface area contributed by atoms with Crippen molar-refractivity contribution in [2.45, 2.75) is 12.8 Å². The molecule has 1 aromatic carbocycles. The first-order valence-electron chi connectivity index (χ1n) is 7.00. The van der Waals surface area contributed by atoms with Gasteiger partial charge in [0, 0.05) is 5.56 Å². The summed E-state index contributed by atoms with van der Waals surface area (Å²) in [5.74, 6) is -2.18. The maximum atomic E-state index is 12.2. The topological polar surface area (TPSA) is 159 Å². The van der Waals surface area contributed by atoms with Gasteiger partial charge in [0.05, 0.1) is 11.6 Å². The van der Waals surface area contributed by atoms with Crippen molar-refractivity contribution in [3.63, 3.8) is 0 Å². The molecule has 6 N–H and O–H groups in total. The maximum absolute atomic E-state index is 12.2. The zero-order valence-corrected chi connectivity index (χ0v) is 12.5. The molecule has 124 valence electrons. The van der Waals surface area contributed by atoms with Crippen LogP contribution in [0.25, 0.3) is 0 Å². The summed E-state index contributed by atoms with van der Waals surface area (Å²) in [5, 5.41) is 37.3. The number of aryl methyl sites for hydroxylation is 1. The minimum absolute atomic E-state index is 0.0672. The van der Waals surface area contributed by atoms with Gasteiger partial charge in [-0.05, 0) is 30.5 Å². The third-order valence-electron chi connectivity index (χ3n) is 3.75. The van der Waals surface area contributed by atoms with Crippen LogP contribution < -0.4 is 21.5 Å². The molecule has 9 heteroatoms. The normalized spacial score (nSPS) is 12.2. The first-order valence-corrected chi connectivity index (χ1v) is 7.00. The van der Waals surface area contributed by atoms with E-state index in [9.17, 15) is 24.9 Å². The molecule has 0 spiro atoms. The van der Waals surface area contributed by atoms with Gasteiger partial charge >= 0.3 is 11.6 Å². The molecule has 24 heavy (non-hydrogen) atoms. The van der Waals surface area contributed by atoms with Gasteiger partial charge in [0.25, 0.3) is 5.56 Å². The van der Waals surface area contributed by atoms with Crippen LogP contribution >= 0.6 is 0 Å². The van der Waals surface area contributed by atoms with Crippen LogP contribution in [0, 0.1) is 6.92 Å². The highest BCUT2D eigenvalue weighted by molar-refractivity contribution is 5.49. The Labute approximate surface area is 134 Å². The van der Waals surface area contributed by atoms with Gasteiger partial charge in [-0.3, -0.25) is 9.78 Å². The highest BCUT2D eigenvalue weighted by Crippen LogP contribution is 2.37. The summed E-state index contributed by atoms with van der Waals surface area (Å²) in [6.45, 7) is 1.64. The molecule has 1 atom stereocenters. The molecule has 0 saturated heterocycles. The number of rotatable bonds is 3. The fraction of sp³-hybridized carbons (Fsp3) is 0.133. The maximum Gasteiger partial charge on any atom is 0.393 e. The Hall–Kier alpha value is -3.49. The van der Waals surface area contributed by atoms with E-state index in [-0.39, 0.29) is 22.8 Å². The van der Waals surface area contributed by atoms with Crippen molar-refractivity contribution in [2.75, 3.05) is 0 Å². The Morgan fingerprint density at radius 1 is 1.17 bits per heavy atom. The fourth-order valence-electron chi connectivity index (χ4n) is 2.74. The standard InChI is InChI=1S/C15H14N4O5/c1-6-9(14(23)19-18-6)10(7-3-2-4-8(20)5-7)11-12(21)16-15(24)17-13(11)22/h2-5,10,20H,1H3,(H2,18,19,23)(H3,16,17,21,22,24)/t10-/m1/s1. The van der Waals surface area contributed by atoms with E-state index in [2.05, 4.69) is 10.2 Å². The Morgan fingerprint density at radius 3 is 2.50 bits per heavy atom. The van der Waals surface area contributed by atoms with Crippen LogP contribution in [-0.4, -0.2) is 25.3 Å². The number of phenols is 1. The molecule has 0 radical (unpaired) electrons. The van der Waals surface area contributed by atoms with Gasteiger partial charge in [-0.1, -0.05) is 17.2 Å². The molecule has 0 aliphatic heterocycles. The van der Waals surface area contributed by atoms with Crippen LogP contribution in [0.4, 0.5) is 0 Å². The van der Waals surface area contributed by atoms with Crippen LogP contribution in [0.15, 0.2) is 33.9 Å². The van der Waals surface area contributed by atoms with E-state index < -0.39 is 23.0 Å². The van der Waals surface area contributed by atoms with Crippen molar-refractivity contribution in [3.8, 4) is 17.5 Å². The van der Waals surface area contributed by atoms with Crippen molar-refractivity contribution >= 4 is 0 Å². The van der Waals surface area contributed by atoms with E-state index in [0.29, 0.717) is 11.3 Å². The predicted molar refractivity (Wildman–Crippen MR) is 79.9 cm³/mol. The third-order valence-corrected chi connectivity index (χ3v) is 3.75. The Morgan fingerprint density at radius 2 is 1.92 bits per heavy atom. The van der Waals surface area contributed by atoms with E-state index in [1.807, 2.05) is 9.97 Å². The molecule has 3 rings (SSSR count).